The highest BCUT2D eigenvalue weighted by Gasteiger charge is 2.21. The zero-order valence-electron chi connectivity index (χ0n) is 55.8. The van der Waals surface area contributed by atoms with Crippen molar-refractivity contribution in [1.82, 2.24) is 15.0 Å². The number of benzene rings is 8. The molecule has 258 valence electrons. The maximum absolute atomic E-state index is 10.4. The van der Waals surface area contributed by atoms with E-state index in [-0.39, 0.29) is 21.5 Å². The van der Waals surface area contributed by atoms with Crippen LogP contribution in [0.1, 0.15) is 38.4 Å². The summed E-state index contributed by atoms with van der Waals surface area (Å²) in [6.07, 6.45) is 0. The minimum atomic E-state index is -1.03. The van der Waals surface area contributed by atoms with Gasteiger partial charge in [0, 0.05) is 55.2 Å². The molecule has 4 nitrogen and oxygen atoms in total. The van der Waals surface area contributed by atoms with E-state index in [0.29, 0.717) is 0 Å². The quantitative estimate of drug-likeness (QED) is 0.153. The molecule has 8 aromatic carbocycles. The maximum Gasteiger partial charge on any atom is 0.160 e. The van der Waals surface area contributed by atoms with Crippen LogP contribution in [-0.2, 0) is 0 Å². The fourth-order valence-electron chi connectivity index (χ4n) is 5.98. The highest BCUT2D eigenvalue weighted by molar-refractivity contribution is 6.25. The Balaban J connectivity index is 1.41. The normalized spacial score (nSPS) is 18.4. The summed E-state index contributed by atoms with van der Waals surface area (Å²) in [5, 5.41) is -1.44. The fraction of sp³-hybridized carbons (Fsp3) is 0. The largest absolute Gasteiger partial charge is 0.310 e. The molecule has 0 aliphatic heterocycles. The molecular weight excluding hydrogens is 669 g/mol. The fourth-order valence-corrected chi connectivity index (χ4v) is 5.98. The molecule has 0 saturated heterocycles. The molecule has 0 aliphatic rings. The molecule has 2 heterocycles. The molecule has 0 spiro atoms. The lowest BCUT2D eigenvalue weighted by Gasteiger charge is -2.28. The van der Waals surface area contributed by atoms with Crippen LogP contribution in [0.4, 0.5) is 17.1 Å². The van der Waals surface area contributed by atoms with E-state index in [9.17, 15) is 11.0 Å². The summed E-state index contributed by atoms with van der Waals surface area (Å²) in [6, 6.07) is -16.5. The molecule has 0 aliphatic carbocycles. The summed E-state index contributed by atoms with van der Waals surface area (Å²) in [5.41, 5.74) is -7.42. The second-order valence-corrected chi connectivity index (χ2v) is 11.5. The Morgan fingerprint density at radius 1 is 0.400 bits per heavy atom. The second kappa shape index (κ2) is 13.8. The van der Waals surface area contributed by atoms with Crippen LogP contribution in [0.15, 0.2) is 206 Å². The van der Waals surface area contributed by atoms with Crippen molar-refractivity contribution in [2.24, 2.45) is 0 Å². The third-order valence-corrected chi connectivity index (χ3v) is 8.31. The number of rotatable bonds is 7. The molecule has 2 aromatic heterocycles. The number of para-hydroxylation sites is 3. The van der Waals surface area contributed by atoms with E-state index in [4.69, 9.17) is 27.4 Å². The number of aromatic nitrogens is 3. The van der Waals surface area contributed by atoms with Gasteiger partial charge in [-0.2, -0.15) is 0 Å². The van der Waals surface area contributed by atoms with Crippen LogP contribution < -0.4 is 4.90 Å². The van der Waals surface area contributed by atoms with Gasteiger partial charge in [-0.15, -0.1) is 0 Å². The molecule has 0 unspecified atom stereocenters. The van der Waals surface area contributed by atoms with Gasteiger partial charge in [-0.05, 0) is 47.7 Å². The first-order valence-electron chi connectivity index (χ1n) is 30.2. The highest BCUT2D eigenvalue weighted by atomic mass is 15.1. The minimum Gasteiger partial charge on any atom is -0.310 e. The monoisotopic (exact) mass is 730 g/mol. The van der Waals surface area contributed by atoms with Gasteiger partial charge in [-0.3, -0.25) is 0 Å². The first-order valence-corrected chi connectivity index (χ1v) is 16.2. The first kappa shape index (κ1) is 14.4. The van der Waals surface area contributed by atoms with Crippen molar-refractivity contribution >= 4 is 49.5 Å². The molecule has 0 bridgehead atoms. The average Bonchev–Trinajstić information content (AvgIpc) is 2.05. The van der Waals surface area contributed by atoms with E-state index in [1.807, 2.05) is 0 Å². The van der Waals surface area contributed by atoms with Gasteiger partial charge >= 0.3 is 0 Å². The van der Waals surface area contributed by atoms with E-state index in [1.54, 1.807) is 0 Å². The molecule has 0 atom stereocenters. The molecule has 0 fully saturated rings. The average molecular weight is 731 g/mol. The molecule has 55 heavy (non-hydrogen) atoms. The van der Waals surface area contributed by atoms with E-state index in [0.717, 1.165) is 41.3 Å². The van der Waals surface area contributed by atoms with Crippen molar-refractivity contribution in [1.29, 1.82) is 0 Å². The topological polar surface area (TPSA) is 41.9 Å². The number of nitrogens with zero attached hydrogens (tertiary/aromatic N) is 4. The van der Waals surface area contributed by atoms with Gasteiger partial charge in [0.1, 0.15) is 0 Å². The predicted molar refractivity (Wildman–Crippen MR) is 229 cm³/mol. The molecule has 10 aromatic rings. The van der Waals surface area contributed by atoms with Crippen molar-refractivity contribution in [3.05, 3.63) is 206 Å². The summed E-state index contributed by atoms with van der Waals surface area (Å²) in [4.78, 5) is 14.1. The van der Waals surface area contributed by atoms with Crippen LogP contribution in [-0.4, -0.2) is 15.0 Å². The van der Waals surface area contributed by atoms with Crippen LogP contribution >= 0.6 is 0 Å². The predicted octanol–water partition coefficient (Wildman–Crippen LogP) is 13.5. The third-order valence-electron chi connectivity index (χ3n) is 8.31. The number of hydrogen-bond donors (Lipinski definition) is 0. The zero-order valence-corrected chi connectivity index (χ0v) is 27.8. The van der Waals surface area contributed by atoms with Gasteiger partial charge in [0.25, 0.3) is 0 Å². The third kappa shape index (κ3) is 5.96. The van der Waals surface area contributed by atoms with Crippen LogP contribution in [0, 0.1) is 0 Å². The highest BCUT2D eigenvalue weighted by Crippen LogP contribution is 2.45. The second-order valence-electron chi connectivity index (χ2n) is 11.5. The van der Waals surface area contributed by atoms with Gasteiger partial charge in [0.2, 0.25) is 0 Å². The standard InChI is InChI=1S/C51H34N4/c1-5-17-35(18-6-1)46-34-47(36-19-7-2-8-20-36)54-51(53-46)38-31-29-37(30-32-38)50-44-33-48(55(39-21-9-3-10-22-39)40-23-11-4-12-24-40)41-25-13-14-26-42(41)49(44)43-27-15-16-28-45(43)52-50/h1-34H/i1D,3D,4D,5D,6D,7D,9D,10D,11D,12D,13D,14D,15D,16D,17D,18D,19D,20D,21D,22D,23D,28D,29D,30D,31D,32D,33D,34D. The van der Waals surface area contributed by atoms with Gasteiger partial charge < -0.3 is 4.90 Å². The van der Waals surface area contributed by atoms with E-state index < -0.39 is 242 Å². The Bertz CT molecular complexity index is 4540. The summed E-state index contributed by atoms with van der Waals surface area (Å²) in [5.74, 6) is -0.826. The molecule has 10 rings (SSSR count). The van der Waals surface area contributed by atoms with Crippen molar-refractivity contribution < 1.29 is 38.4 Å². The molecular formula is C51H34N4. The van der Waals surface area contributed by atoms with Gasteiger partial charge in [-0.1, -0.05) is 163 Å². The Morgan fingerprint density at radius 2 is 1.00 bits per heavy atom. The summed E-state index contributed by atoms with van der Waals surface area (Å²) >= 11 is 0. The van der Waals surface area contributed by atoms with Gasteiger partial charge in [-0.25, -0.2) is 15.0 Å². The lowest BCUT2D eigenvalue weighted by atomic mass is 9.93. The number of fused-ring (bicyclic) bond motifs is 5. The molecule has 0 amide bonds. The summed E-state index contributed by atoms with van der Waals surface area (Å²) in [6.45, 7) is 0. The zero-order chi connectivity index (χ0) is 60.9. The number of pyridine rings is 1. The van der Waals surface area contributed by atoms with Gasteiger partial charge in [0.15, 0.2) is 5.82 Å². The Morgan fingerprint density at radius 3 is 1.80 bits per heavy atom. The number of hydrogen-bond acceptors (Lipinski definition) is 4. The van der Waals surface area contributed by atoms with Crippen molar-refractivity contribution in [2.75, 3.05) is 4.90 Å². The van der Waals surface area contributed by atoms with E-state index >= 15 is 0 Å². The molecule has 0 N–H and O–H groups in total. The number of anilines is 3. The van der Waals surface area contributed by atoms with Crippen molar-refractivity contribution in [2.45, 2.75) is 0 Å². The lowest BCUT2D eigenvalue weighted by Crippen LogP contribution is -2.10. The Hall–Kier alpha value is -7.43. The smallest absolute Gasteiger partial charge is 0.160 e. The van der Waals surface area contributed by atoms with Crippen LogP contribution in [0.25, 0.3) is 77.6 Å². The molecule has 0 saturated carbocycles. The van der Waals surface area contributed by atoms with E-state index in [1.165, 1.54) is 0 Å². The van der Waals surface area contributed by atoms with E-state index in [2.05, 4.69) is 15.0 Å². The maximum atomic E-state index is 10.4. The molecule has 0 radical (unpaired) electrons. The lowest BCUT2D eigenvalue weighted by molar-refractivity contribution is 1.18. The van der Waals surface area contributed by atoms with Crippen LogP contribution in [0.5, 0.6) is 0 Å². The Kier molecular flexibility index (Phi) is 3.63. The summed E-state index contributed by atoms with van der Waals surface area (Å²) < 4.78 is 250. The van der Waals surface area contributed by atoms with Crippen molar-refractivity contribution in [3.63, 3.8) is 0 Å². The van der Waals surface area contributed by atoms with Crippen molar-refractivity contribution in [3.8, 4) is 45.2 Å². The summed E-state index contributed by atoms with van der Waals surface area (Å²) in [7, 11) is 0. The molecule has 4 heteroatoms. The minimum absolute atomic E-state index is 0.185. The van der Waals surface area contributed by atoms with Crippen LogP contribution in [0.3, 0.4) is 0 Å². The first-order chi connectivity index (χ1) is 38.9. The van der Waals surface area contributed by atoms with Gasteiger partial charge in [0.05, 0.1) is 66.7 Å². The SMILES string of the molecule is [2H]c1cc2c(N(c3cc([2H])c([2H])c([2H])c3[2H])c3c([2H])c([2H])c([2H])c([2H])c3[2H])c([2H])c3c(-c4c([2H])c([2H])c(-c5nc(-c6c([2H])ccc([2H])c6[2H])c([2H])c(-c6c([2H])c([2H])c([2H])c([2H])c6[2H])n5)c([2H])c4[2H])nc4c([2H])c([2H])c([2H])cc4c3c2cc1[2H]. The van der Waals surface area contributed by atoms with Crippen LogP contribution in [0.2, 0.25) is 0 Å². The Labute approximate surface area is 359 Å².